The van der Waals surface area contributed by atoms with Gasteiger partial charge >= 0.3 is 5.97 Å². The van der Waals surface area contributed by atoms with Gasteiger partial charge in [0, 0.05) is 17.2 Å². The zero-order valence-corrected chi connectivity index (χ0v) is 12.8. The van der Waals surface area contributed by atoms with Crippen LogP contribution in [0.3, 0.4) is 0 Å². The molecule has 4 rings (SSSR count). The van der Waals surface area contributed by atoms with E-state index in [2.05, 4.69) is 0 Å². The summed E-state index contributed by atoms with van der Waals surface area (Å²) in [7, 11) is 0. The van der Waals surface area contributed by atoms with Crippen LogP contribution in [0.15, 0.2) is 24.3 Å². The number of aliphatic carboxylic acids is 1. The van der Waals surface area contributed by atoms with Gasteiger partial charge in [0.25, 0.3) is 0 Å². The molecule has 1 unspecified atom stereocenters. The number of hydrogen-bond acceptors (Lipinski definition) is 2. The lowest BCUT2D eigenvalue weighted by molar-refractivity contribution is -0.137. The summed E-state index contributed by atoms with van der Waals surface area (Å²) in [6.07, 6.45) is 5.12. The zero-order chi connectivity index (χ0) is 16.0. The van der Waals surface area contributed by atoms with Crippen LogP contribution in [0, 0.1) is 5.82 Å². The van der Waals surface area contributed by atoms with E-state index in [0.717, 1.165) is 54.7 Å². The molecule has 1 aromatic carbocycles. The molecule has 1 saturated carbocycles. The Bertz CT molecular complexity index is 764. The average molecular weight is 314 g/mol. The maximum Gasteiger partial charge on any atom is 0.303 e. The summed E-state index contributed by atoms with van der Waals surface area (Å²) in [6, 6.07) is 6.46. The van der Waals surface area contributed by atoms with Crippen LogP contribution in [0.5, 0.6) is 0 Å². The van der Waals surface area contributed by atoms with Gasteiger partial charge < -0.3 is 5.11 Å². The molecule has 0 aliphatic heterocycles. The third-order valence-corrected chi connectivity index (χ3v) is 4.86. The summed E-state index contributed by atoms with van der Waals surface area (Å²) in [6.45, 7) is 0. The highest BCUT2D eigenvalue weighted by atomic mass is 19.1. The lowest BCUT2D eigenvalue weighted by Gasteiger charge is -2.23. The fourth-order valence-electron chi connectivity index (χ4n) is 3.72. The number of halogens is 1. The van der Waals surface area contributed by atoms with Gasteiger partial charge in [-0.25, -0.2) is 9.07 Å². The Morgan fingerprint density at radius 1 is 1.35 bits per heavy atom. The van der Waals surface area contributed by atoms with Crippen LogP contribution < -0.4 is 0 Å². The zero-order valence-electron chi connectivity index (χ0n) is 12.8. The second-order valence-corrected chi connectivity index (χ2v) is 6.60. The van der Waals surface area contributed by atoms with Gasteiger partial charge in [-0.15, -0.1) is 0 Å². The molecule has 1 heterocycles. The molecule has 0 saturated heterocycles. The van der Waals surface area contributed by atoms with Crippen LogP contribution in [-0.4, -0.2) is 20.9 Å². The normalized spacial score (nSPS) is 20.3. The summed E-state index contributed by atoms with van der Waals surface area (Å²) in [5.74, 6) is -0.553. The van der Waals surface area contributed by atoms with E-state index >= 15 is 0 Å². The SMILES string of the molecule is O=C(O)CC1CCCc2c1c(C1CC1)nn2-c1cccc(F)c1. The standard InChI is InChI=1S/C18H19FN2O2/c19-13-4-2-5-14(10-13)21-15-6-1-3-12(9-16(22)23)17(15)18(20-21)11-7-8-11/h2,4-5,10-12H,1,3,6-9H2,(H,22,23). The van der Waals surface area contributed by atoms with Gasteiger partial charge in [-0.1, -0.05) is 6.07 Å². The molecule has 0 amide bonds. The Labute approximate surface area is 133 Å². The second kappa shape index (κ2) is 5.48. The van der Waals surface area contributed by atoms with Gasteiger partial charge in [0.2, 0.25) is 0 Å². The number of aromatic nitrogens is 2. The minimum Gasteiger partial charge on any atom is -0.481 e. The average Bonchev–Trinajstić information content (AvgIpc) is 3.27. The van der Waals surface area contributed by atoms with E-state index in [1.54, 1.807) is 6.07 Å². The van der Waals surface area contributed by atoms with Crippen molar-refractivity contribution < 1.29 is 14.3 Å². The molecular weight excluding hydrogens is 295 g/mol. The Balaban J connectivity index is 1.84. The highest BCUT2D eigenvalue weighted by molar-refractivity contribution is 5.68. The molecule has 1 N–H and O–H groups in total. The van der Waals surface area contributed by atoms with E-state index in [0.29, 0.717) is 5.92 Å². The lowest BCUT2D eigenvalue weighted by atomic mass is 9.82. The van der Waals surface area contributed by atoms with Crippen molar-refractivity contribution in [1.82, 2.24) is 9.78 Å². The van der Waals surface area contributed by atoms with E-state index in [1.807, 2.05) is 10.7 Å². The molecule has 2 aromatic rings. The van der Waals surface area contributed by atoms with Crippen LogP contribution in [0.2, 0.25) is 0 Å². The molecule has 1 fully saturated rings. The molecule has 23 heavy (non-hydrogen) atoms. The van der Waals surface area contributed by atoms with Gasteiger partial charge in [0.15, 0.2) is 0 Å². The van der Waals surface area contributed by atoms with Crippen molar-refractivity contribution in [3.05, 3.63) is 47.0 Å². The van der Waals surface area contributed by atoms with Crippen LogP contribution in [-0.2, 0) is 11.2 Å². The molecular formula is C18H19FN2O2. The summed E-state index contributed by atoms with van der Waals surface area (Å²) in [5, 5.41) is 14.0. The first-order valence-electron chi connectivity index (χ1n) is 8.23. The van der Waals surface area contributed by atoms with Crippen molar-refractivity contribution in [2.75, 3.05) is 0 Å². The molecule has 0 spiro atoms. The minimum absolute atomic E-state index is 0.0363. The predicted octanol–water partition coefficient (Wildman–Crippen LogP) is 3.78. The maximum atomic E-state index is 13.6. The van der Waals surface area contributed by atoms with E-state index in [4.69, 9.17) is 5.10 Å². The number of hydrogen-bond donors (Lipinski definition) is 1. The summed E-state index contributed by atoms with van der Waals surface area (Å²) < 4.78 is 15.4. The van der Waals surface area contributed by atoms with Crippen LogP contribution in [0.25, 0.3) is 5.69 Å². The maximum absolute atomic E-state index is 13.6. The van der Waals surface area contributed by atoms with Gasteiger partial charge in [-0.05, 0) is 56.2 Å². The Morgan fingerprint density at radius 2 is 2.17 bits per heavy atom. The number of carboxylic acid groups (broad SMARTS) is 1. The van der Waals surface area contributed by atoms with E-state index in [-0.39, 0.29) is 18.2 Å². The topological polar surface area (TPSA) is 55.1 Å². The first-order chi connectivity index (χ1) is 11.1. The number of benzene rings is 1. The molecule has 0 bridgehead atoms. The lowest BCUT2D eigenvalue weighted by Crippen LogP contribution is -2.15. The Kier molecular flexibility index (Phi) is 3.43. The first kappa shape index (κ1) is 14.4. The van der Waals surface area contributed by atoms with Crippen molar-refractivity contribution in [1.29, 1.82) is 0 Å². The molecule has 120 valence electrons. The molecule has 5 heteroatoms. The Hall–Kier alpha value is -2.17. The summed E-state index contributed by atoms with van der Waals surface area (Å²) in [5.41, 5.74) is 3.99. The third kappa shape index (κ3) is 2.64. The van der Waals surface area contributed by atoms with Gasteiger partial charge in [-0.3, -0.25) is 4.79 Å². The van der Waals surface area contributed by atoms with Crippen LogP contribution in [0.1, 0.15) is 60.9 Å². The number of carbonyl (C=O) groups is 1. The molecule has 1 aromatic heterocycles. The highest BCUT2D eigenvalue weighted by Gasteiger charge is 2.37. The van der Waals surface area contributed by atoms with Crippen molar-refractivity contribution in [2.45, 2.75) is 50.4 Å². The number of fused-ring (bicyclic) bond motifs is 1. The van der Waals surface area contributed by atoms with Crippen molar-refractivity contribution in [3.8, 4) is 5.69 Å². The van der Waals surface area contributed by atoms with E-state index < -0.39 is 5.97 Å². The quantitative estimate of drug-likeness (QED) is 0.934. The van der Waals surface area contributed by atoms with Crippen molar-refractivity contribution >= 4 is 5.97 Å². The molecule has 2 aliphatic rings. The first-order valence-corrected chi connectivity index (χ1v) is 8.23. The fraction of sp³-hybridized carbons (Fsp3) is 0.444. The summed E-state index contributed by atoms with van der Waals surface area (Å²) >= 11 is 0. The predicted molar refractivity (Wildman–Crippen MR) is 83.4 cm³/mol. The van der Waals surface area contributed by atoms with Crippen molar-refractivity contribution in [2.24, 2.45) is 0 Å². The molecule has 4 nitrogen and oxygen atoms in total. The molecule has 2 aliphatic carbocycles. The van der Waals surface area contributed by atoms with Crippen LogP contribution in [0.4, 0.5) is 4.39 Å². The smallest absolute Gasteiger partial charge is 0.303 e. The minimum atomic E-state index is -0.761. The Morgan fingerprint density at radius 3 is 2.87 bits per heavy atom. The molecule has 1 atom stereocenters. The van der Waals surface area contributed by atoms with E-state index in [9.17, 15) is 14.3 Å². The highest BCUT2D eigenvalue weighted by Crippen LogP contribution is 2.47. The number of rotatable bonds is 4. The summed E-state index contributed by atoms with van der Waals surface area (Å²) in [4.78, 5) is 11.2. The van der Waals surface area contributed by atoms with Crippen LogP contribution >= 0.6 is 0 Å². The monoisotopic (exact) mass is 314 g/mol. The van der Waals surface area contributed by atoms with Crippen molar-refractivity contribution in [3.63, 3.8) is 0 Å². The fourth-order valence-corrected chi connectivity index (χ4v) is 3.72. The number of carboxylic acids is 1. The van der Waals surface area contributed by atoms with Gasteiger partial charge in [-0.2, -0.15) is 5.10 Å². The van der Waals surface area contributed by atoms with E-state index in [1.165, 1.54) is 12.1 Å². The largest absolute Gasteiger partial charge is 0.481 e. The molecule has 0 radical (unpaired) electrons. The third-order valence-electron chi connectivity index (χ3n) is 4.86. The van der Waals surface area contributed by atoms with Gasteiger partial charge in [0.1, 0.15) is 5.82 Å². The number of nitrogens with zero attached hydrogens (tertiary/aromatic N) is 2. The van der Waals surface area contributed by atoms with Gasteiger partial charge in [0.05, 0.1) is 17.8 Å². The second-order valence-electron chi connectivity index (χ2n) is 6.60.